The van der Waals surface area contributed by atoms with Crippen LogP contribution in [0.1, 0.15) is 24.5 Å². The number of hydrogen-bond acceptors (Lipinski definition) is 5. The van der Waals surface area contributed by atoms with Crippen molar-refractivity contribution in [3.63, 3.8) is 0 Å². The number of rotatable bonds is 7. The van der Waals surface area contributed by atoms with Gasteiger partial charge in [0, 0.05) is 24.5 Å². The maximum absolute atomic E-state index is 13.1. The topological polar surface area (TPSA) is 79.0 Å². The first-order valence-electron chi connectivity index (χ1n) is 10.5. The van der Waals surface area contributed by atoms with Crippen molar-refractivity contribution in [1.29, 1.82) is 0 Å². The average Bonchev–Trinajstić information content (AvgIpc) is 2.71. The van der Waals surface area contributed by atoms with Crippen molar-refractivity contribution < 1.29 is 17.9 Å². The van der Waals surface area contributed by atoms with Crippen LogP contribution in [0.2, 0.25) is 0 Å². The predicted octanol–water partition coefficient (Wildman–Crippen LogP) is 3.32. The highest BCUT2D eigenvalue weighted by atomic mass is 32.2. The molecule has 0 spiro atoms. The first-order valence-corrected chi connectivity index (χ1v) is 12.3. The van der Waals surface area contributed by atoms with Gasteiger partial charge >= 0.3 is 0 Å². The second-order valence-electron chi connectivity index (χ2n) is 7.96. The van der Waals surface area contributed by atoms with Gasteiger partial charge in [0.05, 0.1) is 25.2 Å². The van der Waals surface area contributed by atoms with Crippen molar-refractivity contribution in [1.82, 2.24) is 0 Å². The molecule has 0 radical (unpaired) electrons. The van der Waals surface area contributed by atoms with Crippen LogP contribution >= 0.6 is 0 Å². The summed E-state index contributed by atoms with van der Waals surface area (Å²) in [4.78, 5) is 15.3. The lowest BCUT2D eigenvalue weighted by Gasteiger charge is -2.31. The molecule has 0 aliphatic carbocycles. The monoisotopic (exact) mass is 445 g/mol. The van der Waals surface area contributed by atoms with Gasteiger partial charge in [-0.1, -0.05) is 13.0 Å². The molecule has 1 aliphatic heterocycles. The minimum atomic E-state index is -3.67. The number of anilines is 3. The Hall–Kier alpha value is -2.58. The number of nitrogens with one attached hydrogen (secondary N) is 1. The van der Waals surface area contributed by atoms with E-state index in [-0.39, 0.29) is 5.91 Å². The van der Waals surface area contributed by atoms with Crippen molar-refractivity contribution in [2.45, 2.75) is 33.2 Å². The maximum atomic E-state index is 13.1. The van der Waals surface area contributed by atoms with Crippen molar-refractivity contribution in [3.8, 4) is 0 Å². The minimum absolute atomic E-state index is 0.345. The summed E-state index contributed by atoms with van der Waals surface area (Å²) in [6, 6.07) is 12.3. The van der Waals surface area contributed by atoms with Crippen molar-refractivity contribution >= 4 is 33.0 Å². The second-order valence-corrected chi connectivity index (χ2v) is 9.82. The Kier molecular flexibility index (Phi) is 7.23. The van der Waals surface area contributed by atoms with Gasteiger partial charge in [-0.15, -0.1) is 0 Å². The van der Waals surface area contributed by atoms with E-state index in [0.717, 1.165) is 36.2 Å². The summed E-state index contributed by atoms with van der Waals surface area (Å²) in [6.07, 6.45) is 1.48. The van der Waals surface area contributed by atoms with Crippen LogP contribution in [0.4, 0.5) is 17.1 Å². The molecule has 3 rings (SSSR count). The van der Waals surface area contributed by atoms with Crippen molar-refractivity contribution in [3.05, 3.63) is 53.6 Å². The van der Waals surface area contributed by atoms with Crippen LogP contribution in [0.3, 0.4) is 0 Å². The molecule has 2 aromatic rings. The Morgan fingerprint density at radius 1 is 1.10 bits per heavy atom. The van der Waals surface area contributed by atoms with E-state index in [1.165, 1.54) is 4.31 Å². The molecule has 1 heterocycles. The molecule has 1 amide bonds. The summed E-state index contributed by atoms with van der Waals surface area (Å²) in [5.74, 6) is -0.355. The van der Waals surface area contributed by atoms with Crippen LogP contribution in [0.5, 0.6) is 0 Å². The summed E-state index contributed by atoms with van der Waals surface area (Å²) in [5.41, 5.74) is 4.09. The normalized spacial score (nSPS) is 15.4. The number of carbonyl (C=O) groups excluding carboxylic acids is 1. The molecule has 1 atom stereocenters. The van der Waals surface area contributed by atoms with Crippen LogP contribution in [-0.4, -0.2) is 52.9 Å². The van der Waals surface area contributed by atoms with Gasteiger partial charge in [0.15, 0.2) is 0 Å². The largest absolute Gasteiger partial charge is 0.378 e. The number of sulfonamides is 1. The predicted molar refractivity (Wildman–Crippen MR) is 125 cm³/mol. The zero-order valence-corrected chi connectivity index (χ0v) is 19.4. The summed E-state index contributed by atoms with van der Waals surface area (Å²) >= 11 is 0. The van der Waals surface area contributed by atoms with Crippen LogP contribution in [-0.2, 0) is 19.6 Å². The van der Waals surface area contributed by atoms with Crippen LogP contribution < -0.4 is 14.5 Å². The van der Waals surface area contributed by atoms with Gasteiger partial charge < -0.3 is 15.0 Å². The summed E-state index contributed by atoms with van der Waals surface area (Å²) in [6.45, 7) is 8.72. The van der Waals surface area contributed by atoms with Gasteiger partial charge in [0.25, 0.3) is 0 Å². The van der Waals surface area contributed by atoms with Gasteiger partial charge in [-0.05, 0) is 67.8 Å². The molecule has 1 aliphatic rings. The third kappa shape index (κ3) is 5.77. The quantitative estimate of drug-likeness (QED) is 0.707. The van der Waals surface area contributed by atoms with Gasteiger partial charge in [0.2, 0.25) is 15.9 Å². The highest BCUT2D eigenvalue weighted by Crippen LogP contribution is 2.26. The lowest BCUT2D eigenvalue weighted by atomic mass is 10.1. The first kappa shape index (κ1) is 23.1. The smallest absolute Gasteiger partial charge is 0.248 e. The third-order valence-corrected chi connectivity index (χ3v) is 6.48. The Bertz CT molecular complexity index is 995. The molecule has 1 fully saturated rings. The van der Waals surface area contributed by atoms with Crippen molar-refractivity contribution in [2.24, 2.45) is 0 Å². The highest BCUT2D eigenvalue weighted by Gasteiger charge is 2.31. The van der Waals surface area contributed by atoms with E-state index < -0.39 is 16.1 Å². The van der Waals surface area contributed by atoms with E-state index in [1.807, 2.05) is 51.1 Å². The van der Waals surface area contributed by atoms with Gasteiger partial charge in [-0.2, -0.15) is 0 Å². The number of hydrogen-bond donors (Lipinski definition) is 1. The van der Waals surface area contributed by atoms with Crippen LogP contribution in [0, 0.1) is 13.8 Å². The second kappa shape index (κ2) is 9.70. The number of morpholine rings is 1. The summed E-state index contributed by atoms with van der Waals surface area (Å²) < 4.78 is 31.9. The molecule has 1 saturated heterocycles. The van der Waals surface area contributed by atoms with E-state index in [2.05, 4.69) is 10.2 Å². The average molecular weight is 446 g/mol. The number of ether oxygens (including phenoxy) is 1. The molecule has 1 N–H and O–H groups in total. The molecule has 0 saturated carbocycles. The zero-order valence-electron chi connectivity index (χ0n) is 18.6. The lowest BCUT2D eigenvalue weighted by molar-refractivity contribution is -0.117. The van der Waals surface area contributed by atoms with Gasteiger partial charge in [-0.3, -0.25) is 9.10 Å². The fourth-order valence-corrected chi connectivity index (χ4v) is 5.14. The third-order valence-electron chi connectivity index (χ3n) is 5.30. The molecule has 168 valence electrons. The molecule has 31 heavy (non-hydrogen) atoms. The molecular formula is C23H31N3O4S. The lowest BCUT2D eigenvalue weighted by Crippen LogP contribution is -2.47. The Balaban J connectivity index is 1.81. The van der Waals surface area contributed by atoms with Gasteiger partial charge in [-0.25, -0.2) is 8.42 Å². The fraction of sp³-hybridized carbons (Fsp3) is 0.435. The van der Waals surface area contributed by atoms with Gasteiger partial charge in [0.1, 0.15) is 6.04 Å². The van der Waals surface area contributed by atoms with Crippen LogP contribution in [0.25, 0.3) is 0 Å². The standard InChI is InChI=1S/C23H31N3O4S/c1-5-22(26(31(4,28)29)21-15-17(2)14-18(3)16-21)23(27)24-19-6-8-20(9-7-19)25-10-12-30-13-11-25/h6-9,14-16,22H,5,10-13H2,1-4H3,(H,24,27)/t22-/m0/s1. The molecule has 0 unspecified atom stereocenters. The summed E-state index contributed by atoms with van der Waals surface area (Å²) in [5, 5.41) is 2.89. The minimum Gasteiger partial charge on any atom is -0.378 e. The molecule has 8 heteroatoms. The van der Waals surface area contributed by atoms with Crippen LogP contribution in [0.15, 0.2) is 42.5 Å². The fourth-order valence-electron chi connectivity index (χ4n) is 3.94. The number of nitrogens with zero attached hydrogens (tertiary/aromatic N) is 2. The maximum Gasteiger partial charge on any atom is 0.248 e. The number of carbonyl (C=O) groups is 1. The zero-order chi connectivity index (χ0) is 22.6. The highest BCUT2D eigenvalue weighted by molar-refractivity contribution is 7.92. The Labute approximate surface area is 185 Å². The first-order chi connectivity index (χ1) is 14.7. The molecule has 2 aromatic carbocycles. The Morgan fingerprint density at radius 2 is 1.68 bits per heavy atom. The molecule has 0 aromatic heterocycles. The summed E-state index contributed by atoms with van der Waals surface area (Å²) in [7, 11) is -3.67. The molecule has 0 bridgehead atoms. The molecular weight excluding hydrogens is 414 g/mol. The Morgan fingerprint density at radius 3 is 2.19 bits per heavy atom. The SMILES string of the molecule is CC[C@@H](C(=O)Nc1ccc(N2CCOCC2)cc1)N(c1cc(C)cc(C)c1)S(C)(=O)=O. The number of aryl methyl sites for hydroxylation is 2. The van der Waals surface area contributed by atoms with E-state index in [9.17, 15) is 13.2 Å². The van der Waals surface area contributed by atoms with E-state index in [4.69, 9.17) is 4.74 Å². The van der Waals surface area contributed by atoms with E-state index >= 15 is 0 Å². The van der Waals surface area contributed by atoms with E-state index in [0.29, 0.717) is 31.0 Å². The number of benzene rings is 2. The van der Waals surface area contributed by atoms with Crippen molar-refractivity contribution in [2.75, 3.05) is 47.1 Å². The number of amides is 1. The molecule has 7 nitrogen and oxygen atoms in total. The van der Waals surface area contributed by atoms with E-state index in [1.54, 1.807) is 12.1 Å².